The first kappa shape index (κ1) is 12.7. The molecule has 0 saturated carbocycles. The van der Waals surface area contributed by atoms with Crippen LogP contribution < -0.4 is 0 Å². The number of carbonyl (C=O) groups excluding carboxylic acids is 1. The second-order valence-corrected chi connectivity index (χ2v) is 4.40. The topological polar surface area (TPSA) is 20.3 Å². The van der Waals surface area contributed by atoms with Crippen LogP contribution in [0.15, 0.2) is 42.6 Å². The molecular weight excluding hydrogens is 236 g/mol. The minimum Gasteiger partial charge on any atom is -0.310 e. The van der Waals surface area contributed by atoms with Crippen molar-refractivity contribution in [2.75, 3.05) is 0 Å². The molecule has 0 unspecified atom stereocenters. The number of amides is 1. The first-order valence-corrected chi connectivity index (χ1v) is 5.99. The van der Waals surface area contributed by atoms with Crippen molar-refractivity contribution in [2.24, 2.45) is 0 Å². The van der Waals surface area contributed by atoms with E-state index in [9.17, 15) is 13.6 Å². The second kappa shape index (κ2) is 5.29. The van der Waals surface area contributed by atoms with E-state index in [0.29, 0.717) is 12.8 Å². The molecule has 1 amide bonds. The SMILES string of the molecule is O=C1N(Cc2ccccc2)/C=C\CCCC1(F)F. The van der Waals surface area contributed by atoms with Crippen molar-refractivity contribution in [2.45, 2.75) is 31.7 Å². The molecule has 1 aromatic carbocycles. The summed E-state index contributed by atoms with van der Waals surface area (Å²) in [7, 11) is 0. The zero-order valence-electron chi connectivity index (χ0n) is 9.98. The van der Waals surface area contributed by atoms with Gasteiger partial charge in [0.25, 0.3) is 5.91 Å². The maximum Gasteiger partial charge on any atom is 0.325 e. The van der Waals surface area contributed by atoms with Crippen LogP contribution in [0.1, 0.15) is 24.8 Å². The van der Waals surface area contributed by atoms with Gasteiger partial charge in [-0.1, -0.05) is 36.4 Å². The van der Waals surface area contributed by atoms with Gasteiger partial charge in [-0.3, -0.25) is 4.79 Å². The van der Waals surface area contributed by atoms with Crippen LogP contribution in [0.5, 0.6) is 0 Å². The Morgan fingerprint density at radius 1 is 1.22 bits per heavy atom. The van der Waals surface area contributed by atoms with Crippen molar-refractivity contribution in [1.29, 1.82) is 0 Å². The predicted octanol–water partition coefficient (Wildman–Crippen LogP) is 3.35. The standard InChI is InChI=1S/C14H15F2NO/c15-14(16)9-5-2-6-10-17(13(14)18)11-12-7-3-1-4-8-12/h1,3-4,6-8,10H,2,5,9,11H2/b10-6-. The third-order valence-corrected chi connectivity index (χ3v) is 2.92. The van der Waals surface area contributed by atoms with Gasteiger partial charge in [0.05, 0.1) is 6.54 Å². The van der Waals surface area contributed by atoms with Gasteiger partial charge in [0, 0.05) is 12.6 Å². The summed E-state index contributed by atoms with van der Waals surface area (Å²) in [6.45, 7) is 0.186. The molecule has 0 N–H and O–H groups in total. The van der Waals surface area contributed by atoms with E-state index < -0.39 is 11.8 Å². The van der Waals surface area contributed by atoms with Gasteiger partial charge in [-0.05, 0) is 18.4 Å². The lowest BCUT2D eigenvalue weighted by molar-refractivity contribution is -0.156. The van der Waals surface area contributed by atoms with E-state index in [4.69, 9.17) is 0 Å². The molecule has 0 bridgehead atoms. The summed E-state index contributed by atoms with van der Waals surface area (Å²) in [4.78, 5) is 12.9. The number of hydrogen-bond acceptors (Lipinski definition) is 1. The van der Waals surface area contributed by atoms with E-state index in [0.717, 1.165) is 10.5 Å². The molecule has 1 aliphatic heterocycles. The van der Waals surface area contributed by atoms with Crippen LogP contribution in [0, 0.1) is 0 Å². The van der Waals surface area contributed by atoms with Crippen LogP contribution >= 0.6 is 0 Å². The van der Waals surface area contributed by atoms with Gasteiger partial charge < -0.3 is 4.90 Å². The van der Waals surface area contributed by atoms with Crippen molar-refractivity contribution in [3.8, 4) is 0 Å². The van der Waals surface area contributed by atoms with Gasteiger partial charge in [-0.2, -0.15) is 8.78 Å². The molecule has 0 aliphatic carbocycles. The summed E-state index contributed by atoms with van der Waals surface area (Å²) in [5.41, 5.74) is 0.840. The number of halogens is 2. The van der Waals surface area contributed by atoms with Gasteiger partial charge in [-0.25, -0.2) is 0 Å². The summed E-state index contributed by atoms with van der Waals surface area (Å²) in [6.07, 6.45) is 3.79. The van der Waals surface area contributed by atoms with E-state index in [2.05, 4.69) is 0 Å². The van der Waals surface area contributed by atoms with Crippen LogP contribution in [0.2, 0.25) is 0 Å². The van der Waals surface area contributed by atoms with E-state index in [1.165, 1.54) is 6.20 Å². The van der Waals surface area contributed by atoms with Crippen LogP contribution in [0.25, 0.3) is 0 Å². The lowest BCUT2D eigenvalue weighted by Crippen LogP contribution is -2.41. The minimum atomic E-state index is -3.25. The largest absolute Gasteiger partial charge is 0.325 e. The smallest absolute Gasteiger partial charge is 0.310 e. The van der Waals surface area contributed by atoms with E-state index in [1.54, 1.807) is 6.08 Å². The van der Waals surface area contributed by atoms with Crippen molar-refractivity contribution < 1.29 is 13.6 Å². The fourth-order valence-electron chi connectivity index (χ4n) is 1.93. The third kappa shape index (κ3) is 2.94. The molecule has 0 radical (unpaired) electrons. The summed E-state index contributed by atoms with van der Waals surface area (Å²) >= 11 is 0. The molecule has 0 atom stereocenters. The highest BCUT2D eigenvalue weighted by atomic mass is 19.3. The Labute approximate surface area is 105 Å². The number of benzene rings is 1. The van der Waals surface area contributed by atoms with Crippen molar-refractivity contribution in [3.05, 3.63) is 48.2 Å². The highest BCUT2D eigenvalue weighted by Gasteiger charge is 2.41. The zero-order chi connectivity index (χ0) is 13.0. The Hall–Kier alpha value is -1.71. The molecule has 2 rings (SSSR count). The Balaban J connectivity index is 2.18. The average molecular weight is 251 g/mol. The second-order valence-electron chi connectivity index (χ2n) is 4.40. The van der Waals surface area contributed by atoms with Crippen LogP contribution in [-0.2, 0) is 11.3 Å². The average Bonchev–Trinajstić information content (AvgIpc) is 2.36. The molecule has 0 saturated heterocycles. The molecule has 1 aliphatic rings. The zero-order valence-corrected chi connectivity index (χ0v) is 9.98. The highest BCUT2D eigenvalue weighted by Crippen LogP contribution is 2.27. The van der Waals surface area contributed by atoms with E-state index in [1.807, 2.05) is 30.3 Å². The Morgan fingerprint density at radius 2 is 1.94 bits per heavy atom. The summed E-state index contributed by atoms with van der Waals surface area (Å²) in [6, 6.07) is 9.14. The maximum absolute atomic E-state index is 13.6. The summed E-state index contributed by atoms with van der Waals surface area (Å²) < 4.78 is 27.1. The fourth-order valence-corrected chi connectivity index (χ4v) is 1.93. The van der Waals surface area contributed by atoms with Crippen LogP contribution in [0.4, 0.5) is 8.78 Å². The number of rotatable bonds is 2. The van der Waals surface area contributed by atoms with Crippen molar-refractivity contribution >= 4 is 5.91 Å². The fraction of sp³-hybridized carbons (Fsp3) is 0.357. The molecule has 18 heavy (non-hydrogen) atoms. The van der Waals surface area contributed by atoms with Gasteiger partial charge >= 0.3 is 5.92 Å². The summed E-state index contributed by atoms with van der Waals surface area (Å²) in [5, 5.41) is 0. The number of hydrogen-bond donors (Lipinski definition) is 0. The lowest BCUT2D eigenvalue weighted by Gasteiger charge is -2.25. The van der Waals surface area contributed by atoms with Gasteiger partial charge in [0.15, 0.2) is 0 Å². The Bertz CT molecular complexity index is 442. The normalized spacial score (nSPS) is 21.2. The minimum absolute atomic E-state index is 0.186. The quantitative estimate of drug-likeness (QED) is 0.789. The number of allylic oxidation sites excluding steroid dienone is 1. The van der Waals surface area contributed by atoms with Crippen molar-refractivity contribution in [1.82, 2.24) is 4.90 Å². The lowest BCUT2D eigenvalue weighted by atomic mass is 10.1. The van der Waals surface area contributed by atoms with Gasteiger partial charge in [0.2, 0.25) is 0 Å². The first-order chi connectivity index (χ1) is 8.59. The number of carbonyl (C=O) groups is 1. The molecule has 1 aromatic rings. The maximum atomic E-state index is 13.6. The summed E-state index contributed by atoms with van der Waals surface area (Å²) in [5.74, 6) is -4.36. The van der Waals surface area contributed by atoms with Crippen LogP contribution in [0.3, 0.4) is 0 Å². The predicted molar refractivity (Wildman–Crippen MR) is 64.9 cm³/mol. The van der Waals surface area contributed by atoms with Crippen LogP contribution in [-0.4, -0.2) is 16.7 Å². The number of nitrogens with zero attached hydrogens (tertiary/aromatic N) is 1. The Morgan fingerprint density at radius 3 is 2.67 bits per heavy atom. The van der Waals surface area contributed by atoms with Gasteiger partial charge in [-0.15, -0.1) is 0 Å². The highest BCUT2D eigenvalue weighted by molar-refractivity contribution is 5.84. The molecule has 0 aromatic heterocycles. The van der Waals surface area contributed by atoms with E-state index >= 15 is 0 Å². The van der Waals surface area contributed by atoms with E-state index in [-0.39, 0.29) is 13.0 Å². The third-order valence-electron chi connectivity index (χ3n) is 2.92. The Kier molecular flexibility index (Phi) is 3.75. The molecule has 2 nitrogen and oxygen atoms in total. The molecular formula is C14H15F2NO. The molecule has 0 spiro atoms. The van der Waals surface area contributed by atoms with Crippen molar-refractivity contribution in [3.63, 3.8) is 0 Å². The first-order valence-electron chi connectivity index (χ1n) is 5.99. The van der Waals surface area contributed by atoms with Gasteiger partial charge in [0.1, 0.15) is 0 Å². The molecule has 4 heteroatoms. The number of alkyl halides is 2. The molecule has 0 fully saturated rings. The monoisotopic (exact) mass is 251 g/mol. The molecule has 1 heterocycles. The molecule has 96 valence electrons.